The van der Waals surface area contributed by atoms with Crippen molar-refractivity contribution in [3.8, 4) is 11.5 Å². The largest absolute Gasteiger partial charge is 0.497 e. The summed E-state index contributed by atoms with van der Waals surface area (Å²) < 4.78 is 14.5. The number of para-hydroxylation sites is 1. The molecule has 4 aromatic carbocycles. The number of carbonyl (C=O) groups excluding carboxylic acids is 1. The number of nitrogens with one attached hydrogen (secondary N) is 1. The van der Waals surface area contributed by atoms with Crippen molar-refractivity contribution in [3.05, 3.63) is 155 Å². The van der Waals surface area contributed by atoms with Crippen molar-refractivity contribution in [2.75, 3.05) is 12.4 Å². The first-order chi connectivity index (χ1) is 21.4. The van der Waals surface area contributed by atoms with Gasteiger partial charge < -0.3 is 14.8 Å². The van der Waals surface area contributed by atoms with E-state index in [0.29, 0.717) is 44.4 Å². The second-order valence-electron chi connectivity index (χ2n) is 10.1. The summed E-state index contributed by atoms with van der Waals surface area (Å²) in [5.41, 5.74) is 3.90. The Bertz CT molecular complexity index is 2040. The molecule has 0 saturated carbocycles. The zero-order valence-electron chi connectivity index (χ0n) is 24.0. The van der Waals surface area contributed by atoms with Crippen LogP contribution in [0.3, 0.4) is 0 Å². The summed E-state index contributed by atoms with van der Waals surface area (Å²) in [4.78, 5) is 33.2. The first-order valence-electron chi connectivity index (χ1n) is 13.9. The molecule has 7 nitrogen and oxygen atoms in total. The van der Waals surface area contributed by atoms with Gasteiger partial charge in [0, 0.05) is 15.7 Å². The van der Waals surface area contributed by atoms with E-state index in [1.165, 1.54) is 11.3 Å². The fraction of sp³-hybridized carbons (Fsp3) is 0.114. The Morgan fingerprint density at radius 1 is 1.00 bits per heavy atom. The van der Waals surface area contributed by atoms with E-state index >= 15 is 0 Å². The molecule has 0 aliphatic carbocycles. The van der Waals surface area contributed by atoms with Crippen LogP contribution in [0.2, 0.25) is 0 Å². The molecule has 0 radical (unpaired) electrons. The highest BCUT2D eigenvalue weighted by Gasteiger charge is 2.32. The van der Waals surface area contributed by atoms with Crippen LogP contribution >= 0.6 is 27.3 Å². The van der Waals surface area contributed by atoms with Gasteiger partial charge in [0.2, 0.25) is 0 Å². The van der Waals surface area contributed by atoms with Gasteiger partial charge in [0.05, 0.1) is 29.0 Å². The van der Waals surface area contributed by atoms with Crippen LogP contribution in [0.1, 0.15) is 29.7 Å². The Hall–Kier alpha value is -4.73. The molecule has 0 bridgehead atoms. The number of aromatic nitrogens is 1. The summed E-state index contributed by atoms with van der Waals surface area (Å²) in [7, 11) is 1.60. The van der Waals surface area contributed by atoms with E-state index in [4.69, 9.17) is 14.5 Å². The minimum atomic E-state index is -0.695. The second-order valence-corrected chi connectivity index (χ2v) is 12.1. The highest BCUT2D eigenvalue weighted by atomic mass is 79.9. The fourth-order valence-electron chi connectivity index (χ4n) is 5.07. The Morgan fingerprint density at radius 3 is 2.41 bits per heavy atom. The van der Waals surface area contributed by atoms with Gasteiger partial charge in [-0.1, -0.05) is 87.9 Å². The fourth-order valence-corrected chi connectivity index (χ4v) is 6.49. The smallest absolute Gasteiger partial charge is 0.271 e. The molecule has 0 unspecified atom stereocenters. The average Bonchev–Trinajstić information content (AvgIpc) is 3.34. The lowest BCUT2D eigenvalue weighted by atomic mass is 9.95. The number of nitrogens with zero attached hydrogens (tertiary/aromatic N) is 2. The Balaban J connectivity index is 1.45. The van der Waals surface area contributed by atoms with Gasteiger partial charge in [-0.3, -0.25) is 14.2 Å². The summed E-state index contributed by atoms with van der Waals surface area (Å²) >= 11 is 4.84. The lowest BCUT2D eigenvalue weighted by Crippen LogP contribution is -2.40. The van der Waals surface area contributed by atoms with Crippen molar-refractivity contribution in [3.63, 3.8) is 0 Å². The maximum atomic E-state index is 14.2. The number of rotatable bonds is 8. The number of anilines is 1. The lowest BCUT2D eigenvalue weighted by molar-refractivity contribution is -0.113. The monoisotopic (exact) mass is 665 g/mol. The van der Waals surface area contributed by atoms with Gasteiger partial charge in [-0.25, -0.2) is 4.99 Å². The predicted molar refractivity (Wildman–Crippen MR) is 177 cm³/mol. The number of hydrogen-bond acceptors (Lipinski definition) is 6. The normalized spacial score (nSPS) is 14.5. The molecule has 1 atom stereocenters. The van der Waals surface area contributed by atoms with Crippen molar-refractivity contribution < 1.29 is 14.3 Å². The van der Waals surface area contributed by atoms with Crippen LogP contribution < -0.4 is 29.7 Å². The molecule has 44 heavy (non-hydrogen) atoms. The van der Waals surface area contributed by atoms with E-state index in [1.54, 1.807) is 18.6 Å². The summed E-state index contributed by atoms with van der Waals surface area (Å²) in [5, 5.41) is 2.98. The second kappa shape index (κ2) is 12.9. The molecule has 0 saturated heterocycles. The third-order valence-electron chi connectivity index (χ3n) is 7.23. The lowest BCUT2D eigenvalue weighted by Gasteiger charge is -2.25. The first kappa shape index (κ1) is 29.3. The number of hydrogen-bond donors (Lipinski definition) is 1. The molecule has 1 aromatic heterocycles. The van der Waals surface area contributed by atoms with E-state index in [2.05, 4.69) is 21.2 Å². The summed E-state index contributed by atoms with van der Waals surface area (Å²) in [6.07, 6.45) is 1.82. The van der Waals surface area contributed by atoms with Crippen LogP contribution in [-0.4, -0.2) is 17.6 Å². The highest BCUT2D eigenvalue weighted by molar-refractivity contribution is 9.10. The molecular weight excluding hydrogens is 638 g/mol. The molecule has 0 spiro atoms. The standard InChI is InChI=1S/C35H28BrN3O4S/c1-22-31(33(40)38-27-11-7-4-8-12-27)32(24-13-16-28(42-2)17-14-24)39-34(41)30(44-35(39)37-22)20-25-19-26(36)15-18-29(25)43-21-23-9-5-3-6-10-23/h3-20,32H,21H2,1-2H3,(H,38,40)/b30-20+/t32-/m1/s1. The van der Waals surface area contributed by atoms with Crippen LogP contribution in [-0.2, 0) is 11.4 Å². The quantitative estimate of drug-likeness (QED) is 0.213. The van der Waals surface area contributed by atoms with Gasteiger partial charge in [0.1, 0.15) is 18.1 Å². The molecule has 1 N–H and O–H groups in total. The number of methoxy groups -OCH3 is 1. The number of amides is 1. The molecule has 6 rings (SSSR count). The van der Waals surface area contributed by atoms with E-state index in [9.17, 15) is 9.59 Å². The van der Waals surface area contributed by atoms with Crippen molar-refractivity contribution >= 4 is 44.9 Å². The minimum Gasteiger partial charge on any atom is -0.497 e. The molecule has 1 amide bonds. The minimum absolute atomic E-state index is 0.249. The Kier molecular flexibility index (Phi) is 8.58. The van der Waals surface area contributed by atoms with Gasteiger partial charge in [-0.2, -0.15) is 0 Å². The molecule has 220 valence electrons. The van der Waals surface area contributed by atoms with Crippen LogP contribution in [0.15, 0.2) is 129 Å². The zero-order chi connectivity index (χ0) is 30.6. The topological polar surface area (TPSA) is 81.9 Å². The third kappa shape index (κ3) is 6.15. The molecular formula is C35H28BrN3O4S. The summed E-state index contributed by atoms with van der Waals surface area (Å²) in [5.74, 6) is 1.000. The number of thiazole rings is 1. The maximum Gasteiger partial charge on any atom is 0.271 e. The van der Waals surface area contributed by atoms with Crippen LogP contribution in [0.5, 0.6) is 11.5 Å². The molecule has 1 aliphatic rings. The first-order valence-corrected chi connectivity index (χ1v) is 15.5. The van der Waals surface area contributed by atoms with Crippen molar-refractivity contribution in [1.29, 1.82) is 0 Å². The van der Waals surface area contributed by atoms with Gasteiger partial charge in [-0.15, -0.1) is 0 Å². The van der Waals surface area contributed by atoms with E-state index in [-0.39, 0.29) is 11.5 Å². The molecule has 0 fully saturated rings. The number of allylic oxidation sites excluding steroid dienone is 1. The zero-order valence-corrected chi connectivity index (χ0v) is 26.4. The molecule has 9 heteroatoms. The van der Waals surface area contributed by atoms with Gasteiger partial charge in [0.25, 0.3) is 11.5 Å². The predicted octanol–water partition coefficient (Wildman–Crippen LogP) is 6.22. The van der Waals surface area contributed by atoms with Gasteiger partial charge in [-0.05, 0) is 66.6 Å². The molecule has 1 aliphatic heterocycles. The van der Waals surface area contributed by atoms with E-state index < -0.39 is 6.04 Å². The average molecular weight is 667 g/mol. The highest BCUT2D eigenvalue weighted by Crippen LogP contribution is 2.32. The van der Waals surface area contributed by atoms with E-state index in [0.717, 1.165) is 21.2 Å². The van der Waals surface area contributed by atoms with Gasteiger partial charge in [0.15, 0.2) is 4.80 Å². The molecule has 2 heterocycles. The molecule has 5 aromatic rings. The Labute approximate surface area is 266 Å². The van der Waals surface area contributed by atoms with Crippen molar-refractivity contribution in [1.82, 2.24) is 4.57 Å². The van der Waals surface area contributed by atoms with Crippen molar-refractivity contribution in [2.24, 2.45) is 4.99 Å². The van der Waals surface area contributed by atoms with Crippen LogP contribution in [0, 0.1) is 0 Å². The Morgan fingerprint density at radius 2 is 1.70 bits per heavy atom. The SMILES string of the molecule is COc1ccc([C@@H]2C(C(=O)Nc3ccccc3)=C(C)N=c3s/c(=C/c4cc(Br)ccc4OCc4ccccc4)c(=O)n32)cc1. The number of benzene rings is 4. The van der Waals surface area contributed by atoms with Crippen molar-refractivity contribution in [2.45, 2.75) is 19.6 Å². The van der Waals surface area contributed by atoms with Crippen LogP contribution in [0.25, 0.3) is 6.08 Å². The number of fused-ring (bicyclic) bond motifs is 1. The van der Waals surface area contributed by atoms with Gasteiger partial charge >= 0.3 is 0 Å². The van der Waals surface area contributed by atoms with Crippen LogP contribution in [0.4, 0.5) is 5.69 Å². The third-order valence-corrected chi connectivity index (χ3v) is 8.70. The maximum absolute atomic E-state index is 14.2. The number of carbonyl (C=O) groups is 1. The summed E-state index contributed by atoms with van der Waals surface area (Å²) in [6.45, 7) is 2.19. The summed E-state index contributed by atoms with van der Waals surface area (Å²) in [6, 6.07) is 31.6. The van der Waals surface area contributed by atoms with E-state index in [1.807, 2.05) is 109 Å². The number of ether oxygens (including phenoxy) is 2. The number of halogens is 1.